The second-order valence-electron chi connectivity index (χ2n) is 10.0. The molecule has 9 heteroatoms. The molecule has 0 amide bonds. The van der Waals surface area contributed by atoms with Gasteiger partial charge in [-0.15, -0.1) is 12.4 Å². The van der Waals surface area contributed by atoms with Gasteiger partial charge in [0.05, 0.1) is 15.6 Å². The van der Waals surface area contributed by atoms with Gasteiger partial charge in [-0.25, -0.2) is 12.8 Å². The van der Waals surface area contributed by atoms with E-state index < -0.39 is 15.7 Å². The highest BCUT2D eigenvalue weighted by molar-refractivity contribution is 7.90. The lowest BCUT2D eigenvalue weighted by atomic mass is 9.91. The molecule has 1 N–H and O–H groups in total. The molecule has 0 fully saturated rings. The molecule has 0 saturated heterocycles. The standard InChI is InChI=1S/C31H31ClFN3O2S.ClH/c1-3-21(22-4-7-26(8-5-22)39(2,37)38)20-36-16-12-23(13-17-36)27-19-35-31(25-6-9-29(33)28(32)18-25)30(27)24-10-14-34-15-11-24;/h4-12,14-15,18-19,21,35H,3,13,16-17,20H2,1-2H3;1H. The predicted octanol–water partition coefficient (Wildman–Crippen LogP) is 7.64. The van der Waals surface area contributed by atoms with E-state index in [1.807, 2.05) is 30.5 Å². The lowest BCUT2D eigenvalue weighted by molar-refractivity contribution is 0.278. The van der Waals surface area contributed by atoms with E-state index in [-0.39, 0.29) is 17.4 Å². The lowest BCUT2D eigenvalue weighted by Crippen LogP contribution is -2.32. The summed E-state index contributed by atoms with van der Waals surface area (Å²) in [4.78, 5) is 10.4. The number of hydrogen-bond donors (Lipinski definition) is 1. The summed E-state index contributed by atoms with van der Waals surface area (Å²) in [7, 11) is -3.20. The average molecular weight is 601 g/mol. The summed E-state index contributed by atoms with van der Waals surface area (Å²) in [5.74, 6) is -0.118. The van der Waals surface area contributed by atoms with Gasteiger partial charge in [0.1, 0.15) is 5.82 Å². The molecule has 0 saturated carbocycles. The Balaban J connectivity index is 0.00000370. The highest BCUT2D eigenvalue weighted by Crippen LogP contribution is 2.40. The number of H-pyrrole nitrogens is 1. The van der Waals surface area contributed by atoms with Crippen molar-refractivity contribution in [3.05, 3.63) is 101 Å². The molecule has 5 rings (SSSR count). The zero-order valence-corrected chi connectivity index (χ0v) is 24.8. The first kappa shape index (κ1) is 30.0. The van der Waals surface area contributed by atoms with Crippen molar-refractivity contribution in [1.82, 2.24) is 14.9 Å². The van der Waals surface area contributed by atoms with Gasteiger partial charge in [0.25, 0.3) is 0 Å². The molecule has 5 nitrogen and oxygen atoms in total. The van der Waals surface area contributed by atoms with Gasteiger partial charge in [0.15, 0.2) is 9.84 Å². The van der Waals surface area contributed by atoms with E-state index in [1.54, 1.807) is 36.7 Å². The molecule has 1 aliphatic heterocycles. The molecule has 40 heavy (non-hydrogen) atoms. The van der Waals surface area contributed by atoms with Gasteiger partial charge in [-0.2, -0.15) is 0 Å². The van der Waals surface area contributed by atoms with E-state index in [4.69, 9.17) is 11.6 Å². The monoisotopic (exact) mass is 599 g/mol. The SMILES string of the molecule is CCC(CN1CC=C(c2c[nH]c(-c3ccc(F)c(Cl)c3)c2-c2ccncc2)CC1)c1ccc(S(C)(=O)=O)cc1.Cl. The highest BCUT2D eigenvalue weighted by atomic mass is 35.5. The highest BCUT2D eigenvalue weighted by Gasteiger charge is 2.23. The van der Waals surface area contributed by atoms with Crippen LogP contribution in [0.25, 0.3) is 28.0 Å². The molecule has 3 heterocycles. The summed E-state index contributed by atoms with van der Waals surface area (Å²) in [6, 6.07) is 16.1. The fourth-order valence-electron chi connectivity index (χ4n) is 5.27. The fraction of sp³-hybridized carbons (Fsp3) is 0.258. The molecule has 4 aromatic rings. The minimum absolute atomic E-state index is 0. The second-order valence-corrected chi connectivity index (χ2v) is 12.4. The van der Waals surface area contributed by atoms with Crippen LogP contribution in [0.5, 0.6) is 0 Å². The molecular formula is C31H32Cl2FN3O2S. The number of nitrogens with zero attached hydrogens (tertiary/aromatic N) is 2. The topological polar surface area (TPSA) is 66.1 Å². The van der Waals surface area contributed by atoms with Crippen LogP contribution < -0.4 is 0 Å². The number of aromatic amines is 1. The van der Waals surface area contributed by atoms with Gasteiger partial charge in [-0.05, 0) is 77.9 Å². The maximum atomic E-state index is 13.9. The summed E-state index contributed by atoms with van der Waals surface area (Å²) in [6.45, 7) is 4.82. The van der Waals surface area contributed by atoms with Crippen LogP contribution in [-0.4, -0.2) is 49.2 Å². The summed E-state index contributed by atoms with van der Waals surface area (Å²) >= 11 is 6.12. The van der Waals surface area contributed by atoms with Crippen LogP contribution in [0.3, 0.4) is 0 Å². The molecular weight excluding hydrogens is 568 g/mol. The first-order valence-corrected chi connectivity index (χ1v) is 15.3. The van der Waals surface area contributed by atoms with E-state index in [0.717, 1.165) is 66.0 Å². The zero-order valence-electron chi connectivity index (χ0n) is 22.4. The predicted molar refractivity (Wildman–Crippen MR) is 163 cm³/mol. The van der Waals surface area contributed by atoms with Gasteiger partial charge < -0.3 is 4.98 Å². The second kappa shape index (κ2) is 12.7. The summed E-state index contributed by atoms with van der Waals surface area (Å²) in [6.07, 6.45) is 11.0. The minimum Gasteiger partial charge on any atom is -0.360 e. The Morgan fingerprint density at radius 1 is 1.07 bits per heavy atom. The third-order valence-electron chi connectivity index (χ3n) is 7.45. The van der Waals surface area contributed by atoms with Gasteiger partial charge in [-0.3, -0.25) is 9.88 Å². The zero-order chi connectivity index (χ0) is 27.6. The molecule has 0 aliphatic carbocycles. The van der Waals surface area contributed by atoms with Gasteiger partial charge in [-0.1, -0.05) is 36.7 Å². The largest absolute Gasteiger partial charge is 0.360 e. The maximum absolute atomic E-state index is 13.9. The molecule has 0 radical (unpaired) electrons. The quantitative estimate of drug-likeness (QED) is 0.226. The molecule has 1 aliphatic rings. The summed E-state index contributed by atoms with van der Waals surface area (Å²) in [5.41, 5.74) is 7.35. The number of halogens is 3. The van der Waals surface area contributed by atoms with Crippen molar-refractivity contribution in [2.45, 2.75) is 30.6 Å². The molecule has 2 aromatic heterocycles. The van der Waals surface area contributed by atoms with Crippen LogP contribution in [0.1, 0.15) is 36.8 Å². The van der Waals surface area contributed by atoms with Crippen molar-refractivity contribution < 1.29 is 12.8 Å². The Hall–Kier alpha value is -2.97. The van der Waals surface area contributed by atoms with E-state index in [2.05, 4.69) is 27.9 Å². The van der Waals surface area contributed by atoms with E-state index in [0.29, 0.717) is 10.8 Å². The number of hydrogen-bond acceptors (Lipinski definition) is 4. The number of rotatable bonds is 8. The van der Waals surface area contributed by atoms with Crippen LogP contribution in [0.2, 0.25) is 5.02 Å². The molecule has 2 aromatic carbocycles. The molecule has 1 unspecified atom stereocenters. The smallest absolute Gasteiger partial charge is 0.175 e. The fourth-order valence-corrected chi connectivity index (χ4v) is 6.08. The van der Waals surface area contributed by atoms with Crippen LogP contribution in [0.15, 0.2) is 84.2 Å². The maximum Gasteiger partial charge on any atom is 0.175 e. The molecule has 1 atom stereocenters. The van der Waals surface area contributed by atoms with Crippen molar-refractivity contribution in [1.29, 1.82) is 0 Å². The van der Waals surface area contributed by atoms with E-state index >= 15 is 0 Å². The van der Waals surface area contributed by atoms with Crippen molar-refractivity contribution in [2.75, 3.05) is 25.9 Å². The number of pyridine rings is 1. The third kappa shape index (κ3) is 6.50. The number of aromatic nitrogens is 2. The summed E-state index contributed by atoms with van der Waals surface area (Å²) < 4.78 is 37.5. The first-order valence-electron chi connectivity index (χ1n) is 13.0. The van der Waals surface area contributed by atoms with Gasteiger partial charge in [0, 0.05) is 61.2 Å². The number of benzene rings is 2. The first-order chi connectivity index (χ1) is 18.7. The Morgan fingerprint density at radius 2 is 1.80 bits per heavy atom. The van der Waals surface area contributed by atoms with Crippen molar-refractivity contribution >= 4 is 39.4 Å². The normalized spacial score (nSPS) is 14.8. The molecule has 210 valence electrons. The van der Waals surface area contributed by atoms with Crippen LogP contribution in [-0.2, 0) is 9.84 Å². The van der Waals surface area contributed by atoms with Gasteiger partial charge >= 0.3 is 0 Å². The Kier molecular flexibility index (Phi) is 9.52. The van der Waals surface area contributed by atoms with E-state index in [9.17, 15) is 12.8 Å². The Labute approximate surface area is 246 Å². The number of nitrogens with one attached hydrogen (secondary N) is 1. The Morgan fingerprint density at radius 3 is 2.40 bits per heavy atom. The third-order valence-corrected chi connectivity index (χ3v) is 8.87. The van der Waals surface area contributed by atoms with E-state index in [1.165, 1.54) is 17.9 Å². The van der Waals surface area contributed by atoms with Crippen LogP contribution in [0.4, 0.5) is 4.39 Å². The van der Waals surface area contributed by atoms with Gasteiger partial charge in [0.2, 0.25) is 0 Å². The van der Waals surface area contributed by atoms with Crippen LogP contribution in [0, 0.1) is 5.82 Å². The van der Waals surface area contributed by atoms with Crippen LogP contribution >= 0.6 is 24.0 Å². The number of sulfone groups is 1. The summed E-state index contributed by atoms with van der Waals surface area (Å²) in [5, 5.41) is 0.0910. The average Bonchev–Trinajstić information content (AvgIpc) is 3.39. The van der Waals surface area contributed by atoms with Crippen molar-refractivity contribution in [3.63, 3.8) is 0 Å². The molecule has 0 bridgehead atoms. The van der Waals surface area contributed by atoms with Crippen molar-refractivity contribution in [3.8, 4) is 22.4 Å². The minimum atomic E-state index is -3.20. The lowest BCUT2D eigenvalue weighted by Gasteiger charge is -2.30. The Bertz CT molecular complexity index is 1600. The van der Waals surface area contributed by atoms with Crippen molar-refractivity contribution in [2.24, 2.45) is 0 Å². The molecule has 0 spiro atoms.